The Kier molecular flexibility index (Phi) is 3.41. The Hall–Kier alpha value is -3.36. The fourth-order valence-electron chi connectivity index (χ4n) is 2.85. The maximum absolute atomic E-state index is 13.9. The lowest BCUT2D eigenvalue weighted by Gasteiger charge is -2.15. The first kappa shape index (κ1) is 15.2. The Bertz CT molecular complexity index is 1020. The number of fused-ring (bicyclic) bond motifs is 1. The van der Waals surface area contributed by atoms with Crippen molar-refractivity contribution in [2.75, 3.05) is 11.4 Å². The van der Waals surface area contributed by atoms with E-state index in [4.69, 9.17) is 0 Å². The Morgan fingerprint density at radius 3 is 2.48 bits per heavy atom. The van der Waals surface area contributed by atoms with Crippen molar-refractivity contribution in [3.63, 3.8) is 0 Å². The van der Waals surface area contributed by atoms with Gasteiger partial charge in [0.15, 0.2) is 11.6 Å². The van der Waals surface area contributed by atoms with Crippen molar-refractivity contribution in [2.45, 2.75) is 6.42 Å². The third kappa shape index (κ3) is 2.32. The fourth-order valence-corrected chi connectivity index (χ4v) is 2.85. The third-order valence-corrected chi connectivity index (χ3v) is 4.03. The molecule has 0 saturated heterocycles. The molecule has 0 atom stereocenters. The number of rotatable bonds is 1. The molecule has 2 aromatic carbocycles. The molecule has 9 heteroatoms. The van der Waals surface area contributed by atoms with Crippen molar-refractivity contribution in [3.8, 4) is 5.69 Å². The number of benzene rings is 2. The van der Waals surface area contributed by atoms with Crippen LogP contribution in [-0.4, -0.2) is 32.4 Å². The van der Waals surface area contributed by atoms with E-state index in [-0.39, 0.29) is 0 Å². The molecule has 0 saturated carbocycles. The summed E-state index contributed by atoms with van der Waals surface area (Å²) in [6, 6.07) is 9.69. The summed E-state index contributed by atoms with van der Waals surface area (Å²) in [5, 5.41) is 6.93. The Morgan fingerprint density at radius 1 is 1.00 bits per heavy atom. The van der Waals surface area contributed by atoms with Gasteiger partial charge < -0.3 is 0 Å². The van der Waals surface area contributed by atoms with Crippen LogP contribution in [0.5, 0.6) is 0 Å². The van der Waals surface area contributed by atoms with Crippen LogP contribution in [-0.2, 0) is 6.42 Å². The van der Waals surface area contributed by atoms with Gasteiger partial charge >= 0.3 is 11.7 Å². The van der Waals surface area contributed by atoms with Crippen LogP contribution in [0.1, 0.15) is 5.56 Å². The van der Waals surface area contributed by atoms with Gasteiger partial charge in [-0.3, -0.25) is 4.90 Å². The number of amides is 1. The zero-order valence-electron chi connectivity index (χ0n) is 12.8. The number of halogens is 2. The molecule has 0 radical (unpaired) electrons. The van der Waals surface area contributed by atoms with Crippen molar-refractivity contribution in [3.05, 3.63) is 70.1 Å². The molecule has 25 heavy (non-hydrogen) atoms. The summed E-state index contributed by atoms with van der Waals surface area (Å²) in [5.41, 5.74) is -0.0748. The minimum Gasteiger partial charge on any atom is -0.292 e. The Morgan fingerprint density at radius 2 is 1.72 bits per heavy atom. The lowest BCUT2D eigenvalue weighted by atomic mass is 10.2. The van der Waals surface area contributed by atoms with Gasteiger partial charge in [0.2, 0.25) is 0 Å². The summed E-state index contributed by atoms with van der Waals surface area (Å²) in [6.07, 6.45) is 0.646. The largest absolute Gasteiger partial charge is 0.377 e. The van der Waals surface area contributed by atoms with Gasteiger partial charge in [-0.15, -0.1) is 4.68 Å². The number of hydrogen-bond acceptors (Lipinski definition) is 4. The number of hydrogen-bond donors (Lipinski definition) is 0. The molecular formula is C16H11F2N5O2. The van der Waals surface area contributed by atoms with Crippen LogP contribution in [0.25, 0.3) is 5.69 Å². The average molecular weight is 343 g/mol. The van der Waals surface area contributed by atoms with Crippen molar-refractivity contribution in [1.29, 1.82) is 0 Å². The molecule has 3 aromatic rings. The van der Waals surface area contributed by atoms with E-state index in [1.54, 1.807) is 12.1 Å². The van der Waals surface area contributed by atoms with Gasteiger partial charge in [0.25, 0.3) is 0 Å². The van der Waals surface area contributed by atoms with Crippen LogP contribution >= 0.6 is 0 Å². The van der Waals surface area contributed by atoms with Crippen molar-refractivity contribution in [1.82, 2.24) is 19.8 Å². The van der Waals surface area contributed by atoms with Crippen LogP contribution in [0.4, 0.5) is 19.3 Å². The van der Waals surface area contributed by atoms with Gasteiger partial charge in [0.1, 0.15) is 5.69 Å². The maximum Gasteiger partial charge on any atom is 0.377 e. The number of anilines is 1. The van der Waals surface area contributed by atoms with E-state index in [0.29, 0.717) is 28.0 Å². The highest BCUT2D eigenvalue weighted by Crippen LogP contribution is 2.27. The zero-order valence-corrected chi connectivity index (χ0v) is 12.8. The normalized spacial score (nSPS) is 13.1. The minimum absolute atomic E-state index is 0.380. The predicted molar refractivity (Wildman–Crippen MR) is 83.8 cm³/mol. The molecule has 1 amide bonds. The molecule has 4 rings (SSSR count). The quantitative estimate of drug-likeness (QED) is 0.631. The molecule has 2 heterocycles. The first-order valence-corrected chi connectivity index (χ1v) is 7.47. The first-order chi connectivity index (χ1) is 12.1. The smallest absolute Gasteiger partial charge is 0.292 e. The van der Waals surface area contributed by atoms with E-state index in [9.17, 15) is 18.4 Å². The van der Waals surface area contributed by atoms with Crippen LogP contribution in [0.2, 0.25) is 0 Å². The second-order valence-electron chi connectivity index (χ2n) is 5.47. The average Bonchev–Trinajstić information content (AvgIpc) is 3.19. The monoisotopic (exact) mass is 343 g/mol. The molecule has 1 aliphatic heterocycles. The van der Waals surface area contributed by atoms with E-state index < -0.39 is 29.0 Å². The predicted octanol–water partition coefficient (Wildman–Crippen LogP) is 1.74. The molecule has 0 N–H and O–H groups in total. The van der Waals surface area contributed by atoms with Gasteiger partial charge in [-0.2, -0.15) is 4.68 Å². The lowest BCUT2D eigenvalue weighted by Crippen LogP contribution is -2.40. The van der Waals surface area contributed by atoms with E-state index >= 15 is 0 Å². The van der Waals surface area contributed by atoms with Crippen molar-refractivity contribution >= 4 is 11.7 Å². The number of tetrazole rings is 1. The summed E-state index contributed by atoms with van der Waals surface area (Å²) in [7, 11) is 0. The Labute approximate surface area is 139 Å². The van der Waals surface area contributed by atoms with Crippen LogP contribution in [0.15, 0.2) is 47.3 Å². The summed E-state index contributed by atoms with van der Waals surface area (Å²) >= 11 is 0. The fraction of sp³-hybridized carbons (Fsp3) is 0.125. The third-order valence-electron chi connectivity index (χ3n) is 4.03. The second kappa shape index (κ2) is 5.62. The highest BCUT2D eigenvalue weighted by molar-refractivity contribution is 5.94. The standard InChI is InChI=1S/C16H11F2N5O2/c17-11-5-3-6-12(18)14(11)22-16(25)23(20-19-22)15(24)21-9-8-10-4-1-2-7-13(10)21/h1-7H,8-9H2. The van der Waals surface area contributed by atoms with E-state index in [2.05, 4.69) is 10.4 Å². The van der Waals surface area contributed by atoms with Gasteiger partial charge in [-0.25, -0.2) is 18.4 Å². The van der Waals surface area contributed by atoms with Crippen molar-refractivity contribution < 1.29 is 13.6 Å². The molecule has 1 aliphatic rings. The molecular weight excluding hydrogens is 332 g/mol. The van der Waals surface area contributed by atoms with Crippen LogP contribution in [0, 0.1) is 11.6 Å². The molecule has 0 bridgehead atoms. The summed E-state index contributed by atoms with van der Waals surface area (Å²) < 4.78 is 28.6. The van der Waals surface area contributed by atoms with Gasteiger partial charge in [-0.1, -0.05) is 24.3 Å². The molecule has 126 valence electrons. The van der Waals surface area contributed by atoms with Crippen molar-refractivity contribution in [2.24, 2.45) is 0 Å². The summed E-state index contributed by atoms with van der Waals surface area (Å²) in [4.78, 5) is 26.4. The molecule has 1 aromatic heterocycles. The van der Waals surface area contributed by atoms with Crippen LogP contribution < -0.4 is 10.6 Å². The van der Waals surface area contributed by atoms with Gasteiger partial charge in [0, 0.05) is 12.2 Å². The molecule has 7 nitrogen and oxygen atoms in total. The highest BCUT2D eigenvalue weighted by atomic mass is 19.1. The number of para-hydroxylation sites is 2. The van der Waals surface area contributed by atoms with Gasteiger partial charge in [-0.05, 0) is 40.6 Å². The van der Waals surface area contributed by atoms with E-state index in [1.807, 2.05) is 12.1 Å². The zero-order chi connectivity index (χ0) is 17.6. The molecule has 0 aliphatic carbocycles. The second-order valence-corrected chi connectivity index (χ2v) is 5.47. The first-order valence-electron chi connectivity index (χ1n) is 7.47. The highest BCUT2D eigenvalue weighted by Gasteiger charge is 2.29. The Balaban J connectivity index is 1.76. The van der Waals surface area contributed by atoms with E-state index in [1.165, 1.54) is 4.90 Å². The summed E-state index contributed by atoms with van der Waals surface area (Å²) in [6.45, 7) is 0.380. The van der Waals surface area contributed by atoms with E-state index in [0.717, 1.165) is 23.8 Å². The number of carbonyl (C=O) groups excluding carboxylic acids is 1. The van der Waals surface area contributed by atoms with Gasteiger partial charge in [0.05, 0.1) is 0 Å². The number of carbonyl (C=O) groups is 1. The van der Waals surface area contributed by atoms with Crippen LogP contribution in [0.3, 0.4) is 0 Å². The lowest BCUT2D eigenvalue weighted by molar-refractivity contribution is 0.244. The minimum atomic E-state index is -1.04. The molecule has 0 spiro atoms. The maximum atomic E-state index is 13.9. The number of aromatic nitrogens is 4. The number of nitrogens with zero attached hydrogens (tertiary/aromatic N) is 5. The summed E-state index contributed by atoms with van der Waals surface area (Å²) in [5.74, 6) is -1.96. The molecule has 0 unspecified atom stereocenters. The SMILES string of the molecule is O=C(N1CCc2ccccc21)n1nnn(-c2c(F)cccc2F)c1=O. The molecule has 0 fully saturated rings. The topological polar surface area (TPSA) is 73.0 Å².